The molecule has 1 aromatic carbocycles. The van der Waals surface area contributed by atoms with Crippen LogP contribution in [0.25, 0.3) is 0 Å². The molecule has 5 nitrogen and oxygen atoms in total. The second-order valence-corrected chi connectivity index (χ2v) is 6.04. The number of pyridine rings is 1. The van der Waals surface area contributed by atoms with E-state index in [4.69, 9.17) is 0 Å². The number of benzene rings is 1. The molecule has 0 radical (unpaired) electrons. The SMILES string of the molecule is CCN(CC)c1ccc(Nc2ccc(NC(=O)C3CC3)nc2)cc1. The molecule has 0 bridgehead atoms. The molecule has 2 N–H and O–H groups in total. The minimum Gasteiger partial charge on any atom is -0.372 e. The number of hydrogen-bond donors (Lipinski definition) is 2. The summed E-state index contributed by atoms with van der Waals surface area (Å²) in [6.07, 6.45) is 3.73. The number of nitrogens with one attached hydrogen (secondary N) is 2. The molecule has 0 aliphatic heterocycles. The minimum absolute atomic E-state index is 0.0789. The zero-order valence-electron chi connectivity index (χ0n) is 14.2. The number of hydrogen-bond acceptors (Lipinski definition) is 4. The van der Waals surface area contributed by atoms with Crippen molar-refractivity contribution in [1.29, 1.82) is 0 Å². The fourth-order valence-corrected chi connectivity index (χ4v) is 2.63. The summed E-state index contributed by atoms with van der Waals surface area (Å²) in [5.41, 5.74) is 3.14. The second-order valence-electron chi connectivity index (χ2n) is 6.04. The number of nitrogens with zero attached hydrogens (tertiary/aromatic N) is 2. The van der Waals surface area contributed by atoms with E-state index in [1.807, 2.05) is 12.1 Å². The summed E-state index contributed by atoms with van der Waals surface area (Å²) >= 11 is 0. The van der Waals surface area contributed by atoms with Gasteiger partial charge in [0, 0.05) is 30.4 Å². The number of amides is 1. The Morgan fingerprint density at radius 3 is 2.29 bits per heavy atom. The summed E-state index contributed by atoms with van der Waals surface area (Å²) in [7, 11) is 0. The Hall–Kier alpha value is -2.56. The van der Waals surface area contributed by atoms with Crippen molar-refractivity contribution < 1.29 is 4.79 Å². The van der Waals surface area contributed by atoms with E-state index in [-0.39, 0.29) is 11.8 Å². The molecule has 126 valence electrons. The van der Waals surface area contributed by atoms with Gasteiger partial charge in [0.25, 0.3) is 0 Å². The van der Waals surface area contributed by atoms with Gasteiger partial charge in [0.15, 0.2) is 0 Å². The van der Waals surface area contributed by atoms with Gasteiger partial charge < -0.3 is 15.5 Å². The topological polar surface area (TPSA) is 57.3 Å². The zero-order chi connectivity index (χ0) is 16.9. The van der Waals surface area contributed by atoms with E-state index in [1.165, 1.54) is 5.69 Å². The predicted octanol–water partition coefficient (Wildman–Crippen LogP) is 4.02. The third-order valence-electron chi connectivity index (χ3n) is 4.25. The minimum atomic E-state index is 0.0789. The molecular formula is C19H24N4O. The highest BCUT2D eigenvalue weighted by atomic mass is 16.2. The second kappa shape index (κ2) is 7.34. The fourth-order valence-electron chi connectivity index (χ4n) is 2.63. The molecule has 1 saturated carbocycles. The molecule has 5 heteroatoms. The first-order valence-electron chi connectivity index (χ1n) is 8.58. The van der Waals surface area contributed by atoms with Crippen molar-refractivity contribution in [3.8, 4) is 0 Å². The Bertz CT molecular complexity index is 674. The zero-order valence-corrected chi connectivity index (χ0v) is 14.2. The number of aromatic nitrogens is 1. The summed E-state index contributed by atoms with van der Waals surface area (Å²) in [4.78, 5) is 18.3. The van der Waals surface area contributed by atoms with Gasteiger partial charge in [-0.2, -0.15) is 0 Å². The molecule has 0 saturated heterocycles. The highest BCUT2D eigenvalue weighted by Crippen LogP contribution is 2.30. The van der Waals surface area contributed by atoms with Gasteiger partial charge in [-0.05, 0) is 63.1 Å². The molecule has 0 atom stereocenters. The van der Waals surface area contributed by atoms with Gasteiger partial charge in [-0.1, -0.05) is 0 Å². The molecule has 24 heavy (non-hydrogen) atoms. The third kappa shape index (κ3) is 4.04. The Labute approximate surface area is 143 Å². The van der Waals surface area contributed by atoms with Crippen LogP contribution < -0.4 is 15.5 Å². The molecule has 1 heterocycles. The normalized spacial score (nSPS) is 13.4. The molecule has 1 amide bonds. The number of carbonyl (C=O) groups excluding carboxylic acids is 1. The molecule has 1 fully saturated rings. The lowest BCUT2D eigenvalue weighted by atomic mass is 10.2. The average molecular weight is 324 g/mol. The molecule has 1 aliphatic rings. The van der Waals surface area contributed by atoms with Crippen LogP contribution >= 0.6 is 0 Å². The largest absolute Gasteiger partial charge is 0.372 e. The van der Waals surface area contributed by atoms with Gasteiger partial charge in [0.1, 0.15) is 5.82 Å². The van der Waals surface area contributed by atoms with E-state index in [0.29, 0.717) is 5.82 Å². The fraction of sp³-hybridized carbons (Fsp3) is 0.368. The molecule has 1 aromatic heterocycles. The molecule has 3 rings (SSSR count). The average Bonchev–Trinajstić information content (AvgIpc) is 3.44. The number of carbonyl (C=O) groups is 1. The van der Waals surface area contributed by atoms with E-state index >= 15 is 0 Å². The Morgan fingerprint density at radius 1 is 1.08 bits per heavy atom. The number of anilines is 4. The van der Waals surface area contributed by atoms with Gasteiger partial charge in [-0.3, -0.25) is 4.79 Å². The van der Waals surface area contributed by atoms with Crippen molar-refractivity contribution in [2.75, 3.05) is 28.6 Å². The first kappa shape index (κ1) is 16.3. The van der Waals surface area contributed by atoms with Crippen molar-refractivity contribution in [2.24, 2.45) is 5.92 Å². The lowest BCUT2D eigenvalue weighted by molar-refractivity contribution is -0.117. The van der Waals surface area contributed by atoms with Crippen LogP contribution in [-0.4, -0.2) is 24.0 Å². The van der Waals surface area contributed by atoms with Crippen molar-refractivity contribution >= 4 is 28.8 Å². The molecule has 1 aliphatic carbocycles. The lowest BCUT2D eigenvalue weighted by Crippen LogP contribution is -2.21. The summed E-state index contributed by atoms with van der Waals surface area (Å²) in [6.45, 7) is 6.32. The summed E-state index contributed by atoms with van der Waals surface area (Å²) in [6, 6.07) is 12.1. The van der Waals surface area contributed by atoms with Crippen LogP contribution in [0.1, 0.15) is 26.7 Å². The van der Waals surface area contributed by atoms with Gasteiger partial charge in [-0.15, -0.1) is 0 Å². The maximum absolute atomic E-state index is 11.7. The van der Waals surface area contributed by atoms with E-state index in [1.54, 1.807) is 6.20 Å². The van der Waals surface area contributed by atoms with Crippen LogP contribution in [0.3, 0.4) is 0 Å². The quantitative estimate of drug-likeness (QED) is 0.807. The highest BCUT2D eigenvalue weighted by molar-refractivity contribution is 5.93. The predicted molar refractivity (Wildman–Crippen MR) is 98.9 cm³/mol. The van der Waals surface area contributed by atoms with Crippen LogP contribution in [0.2, 0.25) is 0 Å². The van der Waals surface area contributed by atoms with E-state index in [9.17, 15) is 4.79 Å². The molecular weight excluding hydrogens is 300 g/mol. The first-order chi connectivity index (χ1) is 11.7. The Balaban J connectivity index is 1.60. The van der Waals surface area contributed by atoms with Gasteiger partial charge in [0.05, 0.1) is 11.9 Å². The van der Waals surface area contributed by atoms with Gasteiger partial charge in [-0.25, -0.2) is 4.98 Å². The van der Waals surface area contributed by atoms with Gasteiger partial charge in [0.2, 0.25) is 5.91 Å². The van der Waals surface area contributed by atoms with E-state index in [0.717, 1.165) is 37.3 Å². The highest BCUT2D eigenvalue weighted by Gasteiger charge is 2.29. The Morgan fingerprint density at radius 2 is 1.75 bits per heavy atom. The maximum atomic E-state index is 11.7. The first-order valence-corrected chi connectivity index (χ1v) is 8.58. The summed E-state index contributed by atoms with van der Waals surface area (Å²) in [5, 5.41) is 6.17. The van der Waals surface area contributed by atoms with Crippen LogP contribution in [0, 0.1) is 5.92 Å². The van der Waals surface area contributed by atoms with Gasteiger partial charge >= 0.3 is 0 Å². The summed E-state index contributed by atoms with van der Waals surface area (Å²) < 4.78 is 0. The van der Waals surface area contributed by atoms with Crippen LogP contribution in [0.15, 0.2) is 42.6 Å². The molecule has 0 unspecified atom stereocenters. The Kier molecular flexibility index (Phi) is 4.99. The standard InChI is InChI=1S/C19H24N4O/c1-3-23(4-2)17-10-7-15(8-11-17)21-16-9-12-18(20-13-16)22-19(24)14-5-6-14/h7-14,21H,3-6H2,1-2H3,(H,20,22,24). The van der Waals surface area contributed by atoms with Crippen LogP contribution in [0.4, 0.5) is 22.9 Å². The van der Waals surface area contributed by atoms with Crippen LogP contribution in [-0.2, 0) is 4.79 Å². The smallest absolute Gasteiger partial charge is 0.228 e. The van der Waals surface area contributed by atoms with Crippen molar-refractivity contribution in [1.82, 2.24) is 4.98 Å². The van der Waals surface area contributed by atoms with Crippen molar-refractivity contribution in [3.05, 3.63) is 42.6 Å². The number of rotatable bonds is 7. The van der Waals surface area contributed by atoms with Crippen molar-refractivity contribution in [3.63, 3.8) is 0 Å². The molecule has 2 aromatic rings. The van der Waals surface area contributed by atoms with Crippen molar-refractivity contribution in [2.45, 2.75) is 26.7 Å². The molecule has 0 spiro atoms. The van der Waals surface area contributed by atoms with E-state index < -0.39 is 0 Å². The van der Waals surface area contributed by atoms with Crippen LogP contribution in [0.5, 0.6) is 0 Å². The van der Waals surface area contributed by atoms with E-state index in [2.05, 4.69) is 58.6 Å². The maximum Gasteiger partial charge on any atom is 0.228 e. The third-order valence-corrected chi connectivity index (χ3v) is 4.25. The summed E-state index contributed by atoms with van der Waals surface area (Å²) in [5.74, 6) is 0.874. The monoisotopic (exact) mass is 324 g/mol. The lowest BCUT2D eigenvalue weighted by Gasteiger charge is -2.21.